The summed E-state index contributed by atoms with van der Waals surface area (Å²) in [6.45, 7) is 3.33. The topological polar surface area (TPSA) is 95.0 Å². The number of hydrogen-bond acceptors (Lipinski definition) is 6. The molecule has 0 spiro atoms. The number of ether oxygens (including phenoxy) is 1. The van der Waals surface area contributed by atoms with Crippen molar-refractivity contribution in [3.05, 3.63) is 65.9 Å². The summed E-state index contributed by atoms with van der Waals surface area (Å²) in [6.07, 6.45) is 2.01. The molecule has 3 atom stereocenters. The Morgan fingerprint density at radius 1 is 1.16 bits per heavy atom. The molecule has 2 aromatic rings. The molecule has 0 radical (unpaired) electrons. The summed E-state index contributed by atoms with van der Waals surface area (Å²) in [7, 11) is 1.81. The zero-order valence-corrected chi connectivity index (χ0v) is 18.3. The van der Waals surface area contributed by atoms with Gasteiger partial charge in [-0.2, -0.15) is 0 Å². The van der Waals surface area contributed by atoms with Gasteiger partial charge in [-0.25, -0.2) is 10.5 Å². The van der Waals surface area contributed by atoms with Gasteiger partial charge in [-0.1, -0.05) is 42.5 Å². The van der Waals surface area contributed by atoms with Crippen LogP contribution in [-0.4, -0.2) is 70.6 Å². The van der Waals surface area contributed by atoms with Gasteiger partial charge in [0.05, 0.1) is 5.92 Å². The number of likely N-dealkylation sites (N-methyl/N-ethyl adjacent to an activating group) is 1. The molecule has 2 aliphatic rings. The number of hydroxylamine groups is 1. The van der Waals surface area contributed by atoms with Gasteiger partial charge in [0.1, 0.15) is 12.1 Å². The monoisotopic (exact) mass is 436 g/mol. The maximum absolute atomic E-state index is 13.5. The number of likely N-dealkylation sites (tertiary alicyclic amines) is 1. The summed E-state index contributed by atoms with van der Waals surface area (Å²) in [5, 5.41) is 9.33. The molecule has 0 unspecified atom stereocenters. The van der Waals surface area contributed by atoms with E-state index < -0.39 is 17.9 Å². The van der Waals surface area contributed by atoms with E-state index in [1.54, 1.807) is 23.5 Å². The lowest BCUT2D eigenvalue weighted by Gasteiger charge is -2.41. The molecular weight excluding hydrogens is 408 g/mol. The first kappa shape index (κ1) is 22.0. The van der Waals surface area contributed by atoms with Crippen molar-refractivity contribution in [3.8, 4) is 5.88 Å². The second kappa shape index (κ2) is 9.50. The third-order valence-corrected chi connectivity index (χ3v) is 6.09. The molecule has 4 rings (SSSR count). The highest BCUT2D eigenvalue weighted by Crippen LogP contribution is 2.29. The summed E-state index contributed by atoms with van der Waals surface area (Å²) >= 11 is 0. The standard InChI is InChI=1S/C24H28N4O4/c1-16-7-6-10-21(25-16)32-19-13-20(23(29)26-31)22(27(2)15-19)24(30)28-12-11-18(14-28)17-8-4-3-5-9-17/h3-11,19-20,22,31H,12-15H2,1-2H3,(H,26,29)/t19-,20-,22-/m0/s1. The van der Waals surface area contributed by atoms with Crippen molar-refractivity contribution in [1.29, 1.82) is 0 Å². The van der Waals surface area contributed by atoms with Gasteiger partial charge in [0.2, 0.25) is 17.7 Å². The summed E-state index contributed by atoms with van der Waals surface area (Å²) < 4.78 is 6.01. The van der Waals surface area contributed by atoms with Crippen molar-refractivity contribution in [3.63, 3.8) is 0 Å². The number of amides is 2. The average molecular weight is 437 g/mol. The number of carbonyl (C=O) groups is 2. The molecule has 2 amide bonds. The fourth-order valence-corrected chi connectivity index (χ4v) is 4.53. The SMILES string of the molecule is Cc1cccc(O[C@H]2C[C@H](C(=O)NO)[C@@H](C(=O)N3CC=C(c4ccccc4)C3)N(C)C2)n1. The highest BCUT2D eigenvalue weighted by molar-refractivity contribution is 5.91. The van der Waals surface area contributed by atoms with Gasteiger partial charge in [-0.05, 0) is 37.6 Å². The van der Waals surface area contributed by atoms with Crippen LogP contribution in [0.15, 0.2) is 54.6 Å². The van der Waals surface area contributed by atoms with E-state index in [4.69, 9.17) is 4.74 Å². The van der Waals surface area contributed by atoms with E-state index in [1.807, 2.05) is 60.4 Å². The Kier molecular flexibility index (Phi) is 6.53. The van der Waals surface area contributed by atoms with E-state index in [2.05, 4.69) is 4.98 Å². The lowest BCUT2D eigenvalue weighted by molar-refractivity contribution is -0.150. The Hall–Kier alpha value is -3.23. The van der Waals surface area contributed by atoms with Gasteiger partial charge >= 0.3 is 0 Å². The number of benzene rings is 1. The first-order valence-corrected chi connectivity index (χ1v) is 10.7. The lowest BCUT2D eigenvalue weighted by atomic mass is 9.86. The predicted octanol–water partition coefficient (Wildman–Crippen LogP) is 1.89. The third-order valence-electron chi connectivity index (χ3n) is 6.09. The molecule has 1 aromatic heterocycles. The Bertz CT molecular complexity index is 1010. The van der Waals surface area contributed by atoms with Crippen LogP contribution >= 0.6 is 0 Å². The van der Waals surface area contributed by atoms with E-state index in [1.165, 1.54) is 0 Å². The largest absolute Gasteiger partial charge is 0.473 e. The predicted molar refractivity (Wildman–Crippen MR) is 119 cm³/mol. The van der Waals surface area contributed by atoms with Crippen molar-refractivity contribution in [2.45, 2.75) is 25.5 Å². The number of nitrogens with one attached hydrogen (secondary N) is 1. The zero-order valence-electron chi connectivity index (χ0n) is 18.3. The molecule has 1 fully saturated rings. The van der Waals surface area contributed by atoms with E-state index in [-0.39, 0.29) is 12.0 Å². The summed E-state index contributed by atoms with van der Waals surface area (Å²) in [6, 6.07) is 14.8. The number of aromatic nitrogens is 1. The first-order valence-electron chi connectivity index (χ1n) is 10.7. The van der Waals surface area contributed by atoms with Crippen LogP contribution in [0.1, 0.15) is 17.7 Å². The molecule has 1 aromatic carbocycles. The maximum Gasteiger partial charge on any atom is 0.248 e. The molecule has 2 N–H and O–H groups in total. The van der Waals surface area contributed by atoms with Gasteiger partial charge < -0.3 is 9.64 Å². The number of pyridine rings is 1. The van der Waals surface area contributed by atoms with Crippen LogP contribution in [0.25, 0.3) is 5.57 Å². The number of hydrogen-bond donors (Lipinski definition) is 2. The molecule has 3 heterocycles. The zero-order chi connectivity index (χ0) is 22.7. The van der Waals surface area contributed by atoms with Crippen molar-refractivity contribution in [1.82, 2.24) is 20.3 Å². The normalized spacial score (nSPS) is 23.5. The Balaban J connectivity index is 1.48. The summed E-state index contributed by atoms with van der Waals surface area (Å²) in [4.78, 5) is 34.0. The highest BCUT2D eigenvalue weighted by atomic mass is 16.5. The second-order valence-corrected chi connectivity index (χ2v) is 8.37. The fourth-order valence-electron chi connectivity index (χ4n) is 4.53. The van der Waals surface area contributed by atoms with Crippen LogP contribution in [0.2, 0.25) is 0 Å². The molecule has 0 bridgehead atoms. The maximum atomic E-state index is 13.5. The van der Waals surface area contributed by atoms with Crippen LogP contribution in [0, 0.1) is 12.8 Å². The van der Waals surface area contributed by atoms with Crippen molar-refractivity contribution in [2.75, 3.05) is 26.7 Å². The molecule has 8 heteroatoms. The lowest BCUT2D eigenvalue weighted by Crippen LogP contribution is -2.60. The number of nitrogens with zero attached hydrogens (tertiary/aromatic N) is 3. The molecular formula is C24H28N4O4. The number of piperidine rings is 1. The van der Waals surface area contributed by atoms with Crippen LogP contribution in [0.3, 0.4) is 0 Å². The minimum absolute atomic E-state index is 0.129. The summed E-state index contributed by atoms with van der Waals surface area (Å²) in [5.74, 6) is -0.985. The third kappa shape index (κ3) is 4.66. The molecule has 0 saturated carbocycles. The van der Waals surface area contributed by atoms with Gasteiger partial charge in [-0.15, -0.1) is 0 Å². The van der Waals surface area contributed by atoms with Crippen molar-refractivity contribution >= 4 is 17.4 Å². The van der Waals surface area contributed by atoms with Gasteiger partial charge in [-0.3, -0.25) is 19.7 Å². The summed E-state index contributed by atoms with van der Waals surface area (Å²) in [5.41, 5.74) is 4.75. The van der Waals surface area contributed by atoms with Crippen LogP contribution in [0.4, 0.5) is 0 Å². The Labute approximate surface area is 187 Å². The van der Waals surface area contributed by atoms with Gasteiger partial charge in [0.25, 0.3) is 0 Å². The minimum atomic E-state index is -0.748. The average Bonchev–Trinajstić information content (AvgIpc) is 3.29. The minimum Gasteiger partial charge on any atom is -0.473 e. The molecule has 2 aliphatic heterocycles. The molecule has 32 heavy (non-hydrogen) atoms. The van der Waals surface area contributed by atoms with E-state index in [0.29, 0.717) is 31.9 Å². The van der Waals surface area contributed by atoms with Crippen LogP contribution < -0.4 is 10.2 Å². The quantitative estimate of drug-likeness (QED) is 0.549. The van der Waals surface area contributed by atoms with Gasteiger partial charge in [0.15, 0.2) is 0 Å². The van der Waals surface area contributed by atoms with E-state index in [9.17, 15) is 14.8 Å². The smallest absolute Gasteiger partial charge is 0.248 e. The van der Waals surface area contributed by atoms with Crippen LogP contribution in [0.5, 0.6) is 5.88 Å². The Morgan fingerprint density at radius 3 is 2.66 bits per heavy atom. The highest BCUT2D eigenvalue weighted by Gasteiger charge is 2.45. The van der Waals surface area contributed by atoms with Crippen molar-refractivity contribution < 1.29 is 19.5 Å². The number of carbonyl (C=O) groups excluding carboxylic acids is 2. The van der Waals surface area contributed by atoms with Crippen LogP contribution in [-0.2, 0) is 9.59 Å². The number of aryl methyl sites for hydroxylation is 1. The Morgan fingerprint density at radius 2 is 1.94 bits per heavy atom. The van der Waals surface area contributed by atoms with E-state index in [0.717, 1.165) is 16.8 Å². The van der Waals surface area contributed by atoms with Gasteiger partial charge in [0, 0.05) is 31.4 Å². The first-order chi connectivity index (χ1) is 15.5. The van der Waals surface area contributed by atoms with Crippen molar-refractivity contribution in [2.24, 2.45) is 5.92 Å². The van der Waals surface area contributed by atoms with E-state index >= 15 is 0 Å². The molecule has 168 valence electrons. The number of rotatable bonds is 5. The molecule has 8 nitrogen and oxygen atoms in total. The molecule has 1 saturated heterocycles. The molecule has 0 aliphatic carbocycles. The fraction of sp³-hybridized carbons (Fsp3) is 0.375. The second-order valence-electron chi connectivity index (χ2n) is 8.37.